The lowest BCUT2D eigenvalue weighted by atomic mass is 10.3. The monoisotopic (exact) mass is 451 g/mol. The van der Waals surface area contributed by atoms with Gasteiger partial charge in [-0.2, -0.15) is 0 Å². The topological polar surface area (TPSA) is 71.0 Å². The zero-order chi connectivity index (χ0) is 21.0. The molecule has 152 valence electrons. The average Bonchev–Trinajstić information content (AvgIpc) is 2.94. The molecule has 1 N–H and O–H groups in total. The van der Waals surface area contributed by atoms with Crippen LogP contribution in [0.1, 0.15) is 13.3 Å². The number of halogens is 2. The summed E-state index contributed by atoms with van der Waals surface area (Å²) in [7, 11) is 1.56. The summed E-state index contributed by atoms with van der Waals surface area (Å²) in [5, 5.41) is 4.06. The summed E-state index contributed by atoms with van der Waals surface area (Å²) in [6.45, 7) is 2.40. The molecule has 3 rings (SSSR count). The van der Waals surface area contributed by atoms with E-state index >= 15 is 0 Å². The summed E-state index contributed by atoms with van der Waals surface area (Å²) in [5.41, 5.74) is 1.18. The van der Waals surface area contributed by atoms with Gasteiger partial charge in [0.25, 0.3) is 0 Å². The highest BCUT2D eigenvalue weighted by atomic mass is 35.5. The number of carbonyl (C=O) groups excluding carboxylic acids is 2. The fourth-order valence-electron chi connectivity index (χ4n) is 2.83. The molecule has 9 heteroatoms. The van der Waals surface area contributed by atoms with Crippen LogP contribution in [0.5, 0.6) is 5.75 Å². The standard InChI is InChI=1S/C20H19Cl2N3O3S/c1-3-23-20(24-14-9-12(21)8-13(22)10-14)29-17-11-18(26)25(19(17)27)15-4-6-16(28-2)7-5-15/h4-10,17H,3,11H2,1-2H3,(H,23,24)/t17-/m1/s1. The molecule has 1 aliphatic heterocycles. The molecule has 6 nitrogen and oxygen atoms in total. The van der Waals surface area contributed by atoms with Gasteiger partial charge in [-0.25, -0.2) is 4.90 Å². The minimum atomic E-state index is -0.572. The number of anilines is 2. The highest BCUT2D eigenvalue weighted by molar-refractivity contribution is 8.15. The van der Waals surface area contributed by atoms with E-state index in [0.29, 0.717) is 38.9 Å². The van der Waals surface area contributed by atoms with E-state index in [2.05, 4.69) is 10.3 Å². The van der Waals surface area contributed by atoms with Gasteiger partial charge in [0.2, 0.25) is 11.8 Å². The van der Waals surface area contributed by atoms with Gasteiger partial charge in [0.05, 0.1) is 12.8 Å². The zero-order valence-electron chi connectivity index (χ0n) is 15.8. The molecule has 0 radical (unpaired) electrons. The Morgan fingerprint density at radius 2 is 1.86 bits per heavy atom. The molecule has 0 spiro atoms. The fraction of sp³-hybridized carbons (Fsp3) is 0.250. The van der Waals surface area contributed by atoms with Crippen LogP contribution in [0.3, 0.4) is 0 Å². The maximum atomic E-state index is 12.9. The maximum Gasteiger partial charge on any atom is 0.247 e. The quantitative estimate of drug-likeness (QED) is 0.399. The number of amidine groups is 1. The number of amides is 2. The van der Waals surface area contributed by atoms with E-state index in [1.54, 1.807) is 49.6 Å². The number of hydrogen-bond donors (Lipinski definition) is 1. The molecule has 2 aromatic rings. The number of aliphatic imine (C=N–C) groups is 1. The van der Waals surface area contributed by atoms with Gasteiger partial charge < -0.3 is 10.1 Å². The Labute approximate surface area is 183 Å². The highest BCUT2D eigenvalue weighted by Crippen LogP contribution is 2.32. The third-order valence-corrected chi connectivity index (χ3v) is 5.65. The molecule has 0 unspecified atom stereocenters. The van der Waals surface area contributed by atoms with E-state index < -0.39 is 5.25 Å². The van der Waals surface area contributed by atoms with Gasteiger partial charge in [-0.3, -0.25) is 14.6 Å². The molecule has 1 atom stereocenters. The molecule has 2 amide bonds. The Kier molecular flexibility index (Phi) is 7.05. The largest absolute Gasteiger partial charge is 0.497 e. The number of carbonyl (C=O) groups is 2. The molecule has 1 fully saturated rings. The van der Waals surface area contributed by atoms with Crippen molar-refractivity contribution in [1.29, 1.82) is 0 Å². The summed E-state index contributed by atoms with van der Waals surface area (Å²) < 4.78 is 5.12. The van der Waals surface area contributed by atoms with Gasteiger partial charge in [0.1, 0.15) is 11.0 Å². The molecule has 1 heterocycles. The van der Waals surface area contributed by atoms with Gasteiger partial charge in [0.15, 0.2) is 5.17 Å². The summed E-state index contributed by atoms with van der Waals surface area (Å²) in [6, 6.07) is 11.9. The molecule has 29 heavy (non-hydrogen) atoms. The lowest BCUT2D eigenvalue weighted by Crippen LogP contribution is -2.31. The summed E-state index contributed by atoms with van der Waals surface area (Å²) in [4.78, 5) is 31.0. The first kappa shape index (κ1) is 21.5. The van der Waals surface area contributed by atoms with E-state index in [1.807, 2.05) is 6.92 Å². The van der Waals surface area contributed by atoms with Crippen LogP contribution in [-0.4, -0.2) is 35.9 Å². The lowest BCUT2D eigenvalue weighted by Gasteiger charge is -2.16. The molecular formula is C20H19Cl2N3O3S. The van der Waals surface area contributed by atoms with Gasteiger partial charge in [-0.15, -0.1) is 0 Å². The number of benzene rings is 2. The van der Waals surface area contributed by atoms with Crippen LogP contribution in [0.15, 0.2) is 47.5 Å². The van der Waals surface area contributed by atoms with Crippen LogP contribution >= 0.6 is 35.0 Å². The van der Waals surface area contributed by atoms with Crippen molar-refractivity contribution in [2.75, 3.05) is 23.9 Å². The molecular weight excluding hydrogens is 433 g/mol. The molecule has 0 saturated carbocycles. The molecule has 1 saturated heterocycles. The Morgan fingerprint density at radius 1 is 1.21 bits per heavy atom. The van der Waals surface area contributed by atoms with Crippen LogP contribution in [0, 0.1) is 0 Å². The minimum Gasteiger partial charge on any atom is -0.497 e. The van der Waals surface area contributed by atoms with Crippen molar-refractivity contribution < 1.29 is 14.3 Å². The fourth-order valence-corrected chi connectivity index (χ4v) is 4.44. The van der Waals surface area contributed by atoms with E-state index in [4.69, 9.17) is 27.9 Å². The van der Waals surface area contributed by atoms with Crippen LogP contribution < -0.4 is 15.0 Å². The number of imide groups is 1. The number of rotatable bonds is 5. The van der Waals surface area contributed by atoms with Crippen molar-refractivity contribution in [2.24, 2.45) is 4.99 Å². The number of ether oxygens (including phenoxy) is 1. The Bertz CT molecular complexity index is 930. The first-order chi connectivity index (χ1) is 13.9. The molecule has 0 aliphatic carbocycles. The number of nitrogens with one attached hydrogen (secondary N) is 1. The van der Waals surface area contributed by atoms with Crippen molar-refractivity contribution in [3.8, 4) is 5.75 Å². The Hall–Kier alpha value is -2.22. The van der Waals surface area contributed by atoms with E-state index in [1.165, 1.54) is 16.7 Å². The second kappa shape index (κ2) is 9.52. The van der Waals surface area contributed by atoms with Gasteiger partial charge in [0, 0.05) is 28.7 Å². The van der Waals surface area contributed by atoms with Gasteiger partial charge >= 0.3 is 0 Å². The SMILES string of the molecule is CCN=C(Nc1cc(Cl)cc(Cl)c1)S[C@@H]1CC(=O)N(c2ccc(OC)cc2)C1=O. The predicted molar refractivity (Wildman–Crippen MR) is 120 cm³/mol. The first-order valence-electron chi connectivity index (χ1n) is 8.86. The second-order valence-electron chi connectivity index (χ2n) is 6.14. The lowest BCUT2D eigenvalue weighted by molar-refractivity contribution is -0.121. The predicted octanol–water partition coefficient (Wildman–Crippen LogP) is 4.86. The average molecular weight is 452 g/mol. The van der Waals surface area contributed by atoms with Gasteiger partial charge in [-0.1, -0.05) is 35.0 Å². The summed E-state index contributed by atoms with van der Waals surface area (Å²) in [5.74, 6) is 0.125. The van der Waals surface area contributed by atoms with E-state index in [0.717, 1.165) is 0 Å². The van der Waals surface area contributed by atoms with Gasteiger partial charge in [-0.05, 0) is 49.4 Å². The van der Waals surface area contributed by atoms with Crippen molar-refractivity contribution in [1.82, 2.24) is 0 Å². The molecule has 2 aromatic carbocycles. The zero-order valence-corrected chi connectivity index (χ0v) is 18.1. The van der Waals surface area contributed by atoms with Crippen LogP contribution in [0.2, 0.25) is 10.0 Å². The summed E-state index contributed by atoms with van der Waals surface area (Å²) >= 11 is 13.3. The Balaban J connectivity index is 1.75. The number of hydrogen-bond acceptors (Lipinski definition) is 5. The normalized spacial score (nSPS) is 17.0. The Morgan fingerprint density at radius 3 is 2.45 bits per heavy atom. The second-order valence-corrected chi connectivity index (χ2v) is 8.20. The van der Waals surface area contributed by atoms with Crippen LogP contribution in [0.25, 0.3) is 0 Å². The van der Waals surface area contributed by atoms with Crippen molar-refractivity contribution in [3.63, 3.8) is 0 Å². The van der Waals surface area contributed by atoms with E-state index in [9.17, 15) is 9.59 Å². The third kappa shape index (κ3) is 5.23. The molecule has 0 bridgehead atoms. The first-order valence-corrected chi connectivity index (χ1v) is 10.5. The summed E-state index contributed by atoms with van der Waals surface area (Å²) in [6.07, 6.45) is 0.0935. The van der Waals surface area contributed by atoms with Crippen molar-refractivity contribution >= 4 is 63.3 Å². The van der Waals surface area contributed by atoms with Crippen molar-refractivity contribution in [2.45, 2.75) is 18.6 Å². The van der Waals surface area contributed by atoms with Crippen molar-refractivity contribution in [3.05, 3.63) is 52.5 Å². The smallest absolute Gasteiger partial charge is 0.247 e. The van der Waals surface area contributed by atoms with Crippen LogP contribution in [0.4, 0.5) is 11.4 Å². The number of methoxy groups -OCH3 is 1. The third-order valence-electron chi connectivity index (χ3n) is 4.11. The highest BCUT2D eigenvalue weighted by Gasteiger charge is 2.40. The van der Waals surface area contributed by atoms with E-state index in [-0.39, 0.29) is 18.2 Å². The minimum absolute atomic E-state index is 0.0935. The van der Waals surface area contributed by atoms with Crippen LogP contribution in [-0.2, 0) is 9.59 Å². The molecule has 1 aliphatic rings. The molecule has 0 aromatic heterocycles. The maximum absolute atomic E-state index is 12.9. The number of nitrogens with zero attached hydrogens (tertiary/aromatic N) is 2. The number of thioether (sulfide) groups is 1.